The van der Waals surface area contributed by atoms with Crippen molar-refractivity contribution in [3.8, 4) is 5.75 Å². The molecule has 276 valence electrons. The van der Waals surface area contributed by atoms with Crippen LogP contribution in [0.3, 0.4) is 0 Å². The lowest BCUT2D eigenvalue weighted by Crippen LogP contribution is -2.48. The van der Waals surface area contributed by atoms with E-state index in [4.69, 9.17) is 36.8 Å². The Morgan fingerprint density at radius 2 is 1.37 bits per heavy atom. The van der Waals surface area contributed by atoms with Gasteiger partial charge in [0.15, 0.2) is 0 Å². The van der Waals surface area contributed by atoms with Gasteiger partial charge in [0.05, 0.1) is 17.3 Å². The van der Waals surface area contributed by atoms with Gasteiger partial charge >= 0.3 is 30.1 Å². The number of benzene rings is 3. The Kier molecular flexibility index (Phi) is 15.0. The summed E-state index contributed by atoms with van der Waals surface area (Å²) in [4.78, 5) is 53.3. The van der Waals surface area contributed by atoms with E-state index in [2.05, 4.69) is 29.6 Å². The molecule has 0 aromatic heterocycles. The second kappa shape index (κ2) is 19.1. The van der Waals surface area contributed by atoms with Crippen LogP contribution in [0.25, 0.3) is 0 Å². The second-order valence-corrected chi connectivity index (χ2v) is 11.8. The molecule has 2 aliphatic rings. The highest BCUT2D eigenvalue weighted by molar-refractivity contribution is 6.31. The predicted octanol–water partition coefficient (Wildman–Crippen LogP) is 5.58. The zero-order chi connectivity index (χ0) is 38.4. The minimum absolute atomic E-state index is 0.0284. The third kappa shape index (κ3) is 12.9. The molecule has 0 fully saturated rings. The number of hydrogen-bond donors (Lipinski definition) is 5. The van der Waals surface area contributed by atoms with Crippen molar-refractivity contribution in [3.63, 3.8) is 0 Å². The van der Waals surface area contributed by atoms with E-state index in [1.807, 2.05) is 0 Å². The van der Waals surface area contributed by atoms with Crippen LogP contribution >= 0.6 is 11.6 Å². The van der Waals surface area contributed by atoms with Crippen LogP contribution in [0, 0.1) is 5.92 Å². The molecule has 1 amide bonds. The van der Waals surface area contributed by atoms with Gasteiger partial charge in [-0.15, -0.1) is 0 Å². The number of alkyl halides is 3. The van der Waals surface area contributed by atoms with Crippen molar-refractivity contribution in [1.82, 2.24) is 5.32 Å². The van der Waals surface area contributed by atoms with E-state index >= 15 is 0 Å². The molecule has 0 saturated carbocycles. The smallest absolute Gasteiger partial charge is 0.416 e. The van der Waals surface area contributed by atoms with Crippen LogP contribution in [0.2, 0.25) is 5.02 Å². The summed E-state index contributed by atoms with van der Waals surface area (Å²) in [6, 6.07) is 17.6. The first kappa shape index (κ1) is 40.8. The second-order valence-electron chi connectivity index (χ2n) is 11.4. The average molecular weight is 747 g/mol. The van der Waals surface area contributed by atoms with Crippen LogP contribution in [0.4, 0.5) is 18.9 Å². The zero-order valence-electron chi connectivity index (χ0n) is 27.3. The third-order valence-corrected chi connectivity index (χ3v) is 7.83. The number of hydrogen-bond acceptors (Lipinski definition) is 7. The maximum atomic E-state index is 13.6. The van der Waals surface area contributed by atoms with Crippen LogP contribution in [0.5, 0.6) is 5.75 Å². The van der Waals surface area contributed by atoms with Crippen molar-refractivity contribution in [2.45, 2.75) is 31.5 Å². The molecule has 3 aromatic rings. The summed E-state index contributed by atoms with van der Waals surface area (Å²) in [5.41, 5.74) is 2.38. The quantitative estimate of drug-likeness (QED) is 0.129. The molecule has 1 atom stereocenters. The van der Waals surface area contributed by atoms with Gasteiger partial charge < -0.3 is 30.5 Å². The molecule has 0 radical (unpaired) electrons. The van der Waals surface area contributed by atoms with E-state index in [1.54, 1.807) is 18.2 Å². The highest BCUT2D eigenvalue weighted by Gasteiger charge is 2.35. The highest BCUT2D eigenvalue weighted by Crippen LogP contribution is 2.38. The van der Waals surface area contributed by atoms with Crippen LogP contribution in [0.15, 0.2) is 91.0 Å². The summed E-state index contributed by atoms with van der Waals surface area (Å²) < 4.78 is 45.8. The van der Waals surface area contributed by atoms with E-state index in [9.17, 15) is 37.1 Å². The molecule has 5 rings (SSSR count). The van der Waals surface area contributed by atoms with Crippen LogP contribution in [-0.2, 0) is 38.2 Å². The van der Waals surface area contributed by atoms with Crippen molar-refractivity contribution in [1.29, 1.82) is 0 Å². The number of nitrogens with one attached hydrogen (secondary N) is 1. The number of ether oxygens (including phenoxy) is 1. The Hall–Kier alpha value is -5.67. The summed E-state index contributed by atoms with van der Waals surface area (Å²) in [5.74, 6) is -4.54. The van der Waals surface area contributed by atoms with Crippen molar-refractivity contribution < 1.29 is 62.3 Å². The van der Waals surface area contributed by atoms with E-state index in [1.165, 1.54) is 28.2 Å². The van der Waals surface area contributed by atoms with Gasteiger partial charge in [0, 0.05) is 34.9 Å². The third-order valence-electron chi connectivity index (χ3n) is 7.59. The number of carboxylic acids is 4. The Balaban J connectivity index is 0.000000380. The van der Waals surface area contributed by atoms with Crippen LogP contribution in [0.1, 0.15) is 33.5 Å². The molecule has 16 heteroatoms. The topological polar surface area (TPSA) is 191 Å². The summed E-state index contributed by atoms with van der Waals surface area (Å²) >= 11 is 6.21. The van der Waals surface area contributed by atoms with Gasteiger partial charge in [0.1, 0.15) is 12.4 Å². The first-order valence-corrected chi connectivity index (χ1v) is 15.9. The molecule has 1 heterocycles. The summed E-state index contributed by atoms with van der Waals surface area (Å²) in [6.07, 6.45) is 0.362. The number of halogens is 4. The Morgan fingerprint density at radius 1 is 0.808 bits per heavy atom. The fraction of sp³-hybridized carbons (Fsp3) is 0.250. The number of rotatable bonds is 10. The molecule has 12 nitrogen and oxygen atoms in total. The Bertz CT molecular complexity index is 1740. The monoisotopic (exact) mass is 746 g/mol. The maximum absolute atomic E-state index is 13.6. The number of carboxylic acid groups (broad SMARTS) is 4. The molecular formula is C36H34ClF3N2O10. The molecule has 1 unspecified atom stereocenters. The molecule has 5 N–H and O–H groups in total. The molecule has 1 aliphatic carbocycles. The largest absolute Gasteiger partial charge is 0.489 e. The van der Waals surface area contributed by atoms with Crippen molar-refractivity contribution >= 4 is 47.1 Å². The first-order valence-electron chi connectivity index (χ1n) is 15.5. The summed E-state index contributed by atoms with van der Waals surface area (Å²) in [5, 5.41) is 35.2. The highest BCUT2D eigenvalue weighted by atomic mass is 35.5. The Labute approximate surface area is 300 Å². The number of carbonyl (C=O) groups is 5. The molecule has 1 aliphatic heterocycles. The standard InChI is InChI=1S/C28H26ClF3N2O2.2C4H4O4/c29-23-8-9-26-25(15-23)34(27(35)21-6-3-7-22(14-21)28(30,31)32)24(17-36-26)10-11-33-16-18-12-19-4-1-2-5-20(19)13-18;2*5-3(6)1-2-4(7)8/h1-9,14-15,18,24,33H,10-13,16-17H2;2*1-2H,(H,5,6)(H,7,8). The van der Waals surface area contributed by atoms with Gasteiger partial charge in [0.25, 0.3) is 5.91 Å². The number of carbonyl (C=O) groups excluding carboxylic acids is 1. The van der Waals surface area contributed by atoms with Crippen molar-refractivity contribution in [3.05, 3.63) is 118 Å². The Morgan fingerprint density at radius 3 is 1.88 bits per heavy atom. The molecule has 0 saturated heterocycles. The van der Waals surface area contributed by atoms with Gasteiger partial charge in [0.2, 0.25) is 0 Å². The van der Waals surface area contributed by atoms with Gasteiger partial charge in [-0.3, -0.25) is 9.69 Å². The molecule has 3 aromatic carbocycles. The lowest BCUT2D eigenvalue weighted by Gasteiger charge is -2.37. The SMILES string of the molecule is O=C(O)C=CC(=O)O.O=C(O)C=CC(=O)O.O=C(c1cccc(C(F)(F)F)c1)N1c2cc(Cl)ccc2OCC1CCNCC1Cc2ccccc2C1. The van der Waals surface area contributed by atoms with Crippen molar-refractivity contribution in [2.24, 2.45) is 5.92 Å². The predicted molar refractivity (Wildman–Crippen MR) is 183 cm³/mol. The normalized spacial score (nSPS) is 15.0. The van der Waals surface area contributed by atoms with E-state index < -0.39 is 41.5 Å². The lowest BCUT2D eigenvalue weighted by molar-refractivity contribution is -0.137. The molecular weight excluding hydrogens is 713 g/mol. The molecule has 0 spiro atoms. The number of aliphatic carboxylic acids is 4. The van der Waals surface area contributed by atoms with Gasteiger partial charge in [-0.1, -0.05) is 41.9 Å². The van der Waals surface area contributed by atoms with E-state index in [0.29, 0.717) is 59.6 Å². The number of nitrogens with zero attached hydrogens (tertiary/aromatic N) is 1. The fourth-order valence-corrected chi connectivity index (χ4v) is 5.53. The van der Waals surface area contributed by atoms with Gasteiger partial charge in [-0.2, -0.15) is 13.2 Å². The van der Waals surface area contributed by atoms with Crippen molar-refractivity contribution in [2.75, 3.05) is 24.6 Å². The summed E-state index contributed by atoms with van der Waals surface area (Å²) in [6.45, 7) is 1.74. The van der Waals surface area contributed by atoms with E-state index in [-0.39, 0.29) is 18.2 Å². The van der Waals surface area contributed by atoms with Gasteiger partial charge in [-0.05, 0) is 85.8 Å². The molecule has 52 heavy (non-hydrogen) atoms. The zero-order valence-corrected chi connectivity index (χ0v) is 28.0. The number of fused-ring (bicyclic) bond motifs is 2. The number of amides is 1. The van der Waals surface area contributed by atoms with Crippen LogP contribution < -0.4 is 15.0 Å². The number of anilines is 1. The maximum Gasteiger partial charge on any atom is 0.416 e. The molecule has 0 bridgehead atoms. The van der Waals surface area contributed by atoms with Gasteiger partial charge in [-0.25, -0.2) is 19.2 Å². The summed E-state index contributed by atoms with van der Waals surface area (Å²) in [7, 11) is 0. The van der Waals surface area contributed by atoms with Crippen LogP contribution in [-0.4, -0.2) is 75.9 Å². The minimum atomic E-state index is -4.54. The first-order chi connectivity index (χ1) is 24.5. The lowest BCUT2D eigenvalue weighted by atomic mass is 10.0. The fourth-order valence-electron chi connectivity index (χ4n) is 5.37. The minimum Gasteiger partial charge on any atom is -0.489 e. The van der Waals surface area contributed by atoms with E-state index in [0.717, 1.165) is 31.5 Å². The average Bonchev–Trinajstić information content (AvgIpc) is 3.51.